The van der Waals surface area contributed by atoms with Crippen LogP contribution in [0.4, 0.5) is 0 Å². The number of nitrogens with one attached hydrogen (secondary N) is 1. The van der Waals surface area contributed by atoms with E-state index in [1.54, 1.807) is 0 Å². The van der Waals surface area contributed by atoms with Crippen molar-refractivity contribution in [3.63, 3.8) is 0 Å². The number of hydrogen-bond acceptors (Lipinski definition) is 2. The van der Waals surface area contributed by atoms with E-state index >= 15 is 0 Å². The lowest BCUT2D eigenvalue weighted by Crippen LogP contribution is -2.56. The van der Waals surface area contributed by atoms with E-state index < -0.39 is 0 Å². The molecule has 3 unspecified atom stereocenters. The maximum atomic E-state index is 3.87. The summed E-state index contributed by atoms with van der Waals surface area (Å²) in [5.41, 5.74) is 0.519. The van der Waals surface area contributed by atoms with Gasteiger partial charge in [-0.05, 0) is 62.9 Å². The Morgan fingerprint density at radius 2 is 1.95 bits per heavy atom. The number of rotatable bonds is 6. The van der Waals surface area contributed by atoms with E-state index in [4.69, 9.17) is 0 Å². The van der Waals surface area contributed by atoms with Gasteiger partial charge in [0.15, 0.2) is 0 Å². The van der Waals surface area contributed by atoms with E-state index in [0.29, 0.717) is 5.41 Å². The molecule has 0 bridgehead atoms. The topological polar surface area (TPSA) is 15.3 Å². The Labute approximate surface area is 133 Å². The molecule has 2 fully saturated rings. The molecule has 1 aliphatic carbocycles. The van der Waals surface area contributed by atoms with Crippen molar-refractivity contribution < 1.29 is 0 Å². The summed E-state index contributed by atoms with van der Waals surface area (Å²) in [4.78, 5) is 2.85. The van der Waals surface area contributed by atoms with E-state index in [1.807, 2.05) is 0 Å². The van der Waals surface area contributed by atoms with Gasteiger partial charge in [0.2, 0.25) is 0 Å². The molecule has 0 radical (unpaired) electrons. The standard InChI is InChI=1S/C19H38N2/c1-5-8-16-9-10-17(20-12-6-2)18(14-16)21-13-7-11-19(3,4)15-21/h16-18,20H,5-15H2,1-4H3. The van der Waals surface area contributed by atoms with Crippen LogP contribution < -0.4 is 5.32 Å². The van der Waals surface area contributed by atoms with Crippen molar-refractivity contribution in [2.75, 3.05) is 19.6 Å². The molecule has 0 aromatic heterocycles. The molecule has 2 heteroatoms. The summed E-state index contributed by atoms with van der Waals surface area (Å²) >= 11 is 0. The number of nitrogens with zero attached hydrogens (tertiary/aromatic N) is 1. The lowest BCUT2D eigenvalue weighted by molar-refractivity contribution is 0.0311. The average Bonchev–Trinajstić information content (AvgIpc) is 2.45. The lowest BCUT2D eigenvalue weighted by Gasteiger charge is -2.48. The minimum Gasteiger partial charge on any atom is -0.312 e. The van der Waals surface area contributed by atoms with Gasteiger partial charge in [-0.25, -0.2) is 0 Å². The predicted octanol–water partition coefficient (Wildman–Crippen LogP) is 4.45. The van der Waals surface area contributed by atoms with Crippen molar-refractivity contribution in [3.05, 3.63) is 0 Å². The number of piperidine rings is 1. The van der Waals surface area contributed by atoms with Crippen LogP contribution in [-0.2, 0) is 0 Å². The van der Waals surface area contributed by atoms with Crippen molar-refractivity contribution in [2.24, 2.45) is 11.3 Å². The Balaban J connectivity index is 2.01. The van der Waals surface area contributed by atoms with Crippen LogP contribution in [-0.4, -0.2) is 36.6 Å². The molecule has 2 aliphatic rings. The predicted molar refractivity (Wildman–Crippen MR) is 92.7 cm³/mol. The monoisotopic (exact) mass is 294 g/mol. The molecule has 0 aromatic rings. The third kappa shape index (κ3) is 4.96. The highest BCUT2D eigenvalue weighted by atomic mass is 15.2. The van der Waals surface area contributed by atoms with Gasteiger partial charge in [0, 0.05) is 18.6 Å². The third-order valence-corrected chi connectivity index (χ3v) is 5.68. The number of likely N-dealkylation sites (tertiary alicyclic amines) is 1. The van der Waals surface area contributed by atoms with Crippen molar-refractivity contribution in [3.8, 4) is 0 Å². The fourth-order valence-corrected chi connectivity index (χ4v) is 4.62. The highest BCUT2D eigenvalue weighted by Gasteiger charge is 2.37. The molecule has 1 saturated heterocycles. The van der Waals surface area contributed by atoms with Crippen LogP contribution in [0.1, 0.15) is 79.1 Å². The maximum Gasteiger partial charge on any atom is 0.0252 e. The molecular weight excluding hydrogens is 256 g/mol. The van der Waals surface area contributed by atoms with Crippen LogP contribution in [0.2, 0.25) is 0 Å². The highest BCUT2D eigenvalue weighted by molar-refractivity contribution is 4.94. The lowest BCUT2D eigenvalue weighted by atomic mass is 9.77. The first-order chi connectivity index (χ1) is 10.1. The molecule has 2 rings (SSSR count). The van der Waals surface area contributed by atoms with Gasteiger partial charge in [0.1, 0.15) is 0 Å². The summed E-state index contributed by atoms with van der Waals surface area (Å²) in [6, 6.07) is 1.54. The Morgan fingerprint density at radius 1 is 1.14 bits per heavy atom. The van der Waals surface area contributed by atoms with Crippen molar-refractivity contribution >= 4 is 0 Å². The summed E-state index contributed by atoms with van der Waals surface area (Å²) in [6.45, 7) is 13.4. The molecule has 0 amide bonds. The van der Waals surface area contributed by atoms with E-state index in [9.17, 15) is 0 Å². The summed E-state index contributed by atoms with van der Waals surface area (Å²) in [6.07, 6.45) is 11.1. The van der Waals surface area contributed by atoms with Crippen LogP contribution in [0.5, 0.6) is 0 Å². The zero-order valence-electron chi connectivity index (χ0n) is 15.0. The van der Waals surface area contributed by atoms with E-state index in [2.05, 4.69) is 37.9 Å². The first kappa shape index (κ1) is 17.3. The quantitative estimate of drug-likeness (QED) is 0.779. The fraction of sp³-hybridized carbons (Fsp3) is 1.00. The summed E-state index contributed by atoms with van der Waals surface area (Å²) < 4.78 is 0. The first-order valence-corrected chi connectivity index (χ1v) is 9.53. The average molecular weight is 295 g/mol. The Hall–Kier alpha value is -0.0800. The highest BCUT2D eigenvalue weighted by Crippen LogP contribution is 2.36. The van der Waals surface area contributed by atoms with E-state index in [0.717, 1.165) is 18.0 Å². The van der Waals surface area contributed by atoms with Gasteiger partial charge in [-0.1, -0.05) is 40.5 Å². The molecule has 21 heavy (non-hydrogen) atoms. The molecule has 0 spiro atoms. The van der Waals surface area contributed by atoms with E-state index in [-0.39, 0.29) is 0 Å². The smallest absolute Gasteiger partial charge is 0.0252 e. The zero-order valence-corrected chi connectivity index (χ0v) is 15.0. The van der Waals surface area contributed by atoms with Gasteiger partial charge in [0.25, 0.3) is 0 Å². The van der Waals surface area contributed by atoms with Crippen LogP contribution in [0.3, 0.4) is 0 Å². The summed E-state index contributed by atoms with van der Waals surface area (Å²) in [5, 5.41) is 3.87. The minimum absolute atomic E-state index is 0.519. The molecule has 1 aliphatic heterocycles. The Bertz CT molecular complexity index is 300. The van der Waals surface area contributed by atoms with E-state index in [1.165, 1.54) is 71.0 Å². The fourth-order valence-electron chi connectivity index (χ4n) is 4.62. The third-order valence-electron chi connectivity index (χ3n) is 5.68. The van der Waals surface area contributed by atoms with Crippen LogP contribution in [0, 0.1) is 11.3 Å². The largest absolute Gasteiger partial charge is 0.312 e. The van der Waals surface area contributed by atoms with Crippen LogP contribution in [0.25, 0.3) is 0 Å². The van der Waals surface area contributed by atoms with Gasteiger partial charge >= 0.3 is 0 Å². The zero-order chi connectivity index (χ0) is 15.3. The molecule has 0 aromatic carbocycles. The second kappa shape index (κ2) is 7.97. The SMILES string of the molecule is CCCNC1CCC(CCC)CC1N1CCCC(C)(C)C1. The molecule has 3 atom stereocenters. The normalized spacial score (nSPS) is 34.0. The Morgan fingerprint density at radius 3 is 2.62 bits per heavy atom. The van der Waals surface area contributed by atoms with Crippen molar-refractivity contribution in [1.82, 2.24) is 10.2 Å². The summed E-state index contributed by atoms with van der Waals surface area (Å²) in [5.74, 6) is 0.977. The van der Waals surface area contributed by atoms with Crippen LogP contribution in [0.15, 0.2) is 0 Å². The first-order valence-electron chi connectivity index (χ1n) is 9.53. The Kier molecular flexibility index (Phi) is 6.55. The molecule has 2 nitrogen and oxygen atoms in total. The molecule has 1 heterocycles. The molecule has 1 N–H and O–H groups in total. The minimum atomic E-state index is 0.519. The van der Waals surface area contributed by atoms with Gasteiger partial charge in [-0.2, -0.15) is 0 Å². The van der Waals surface area contributed by atoms with Gasteiger partial charge in [-0.15, -0.1) is 0 Å². The summed E-state index contributed by atoms with van der Waals surface area (Å²) in [7, 11) is 0. The van der Waals surface area contributed by atoms with Gasteiger partial charge in [-0.3, -0.25) is 4.90 Å². The molecular formula is C19H38N2. The van der Waals surface area contributed by atoms with Crippen LogP contribution >= 0.6 is 0 Å². The van der Waals surface area contributed by atoms with Crippen molar-refractivity contribution in [2.45, 2.75) is 91.1 Å². The number of hydrogen-bond donors (Lipinski definition) is 1. The second-order valence-electron chi connectivity index (χ2n) is 8.33. The maximum absolute atomic E-state index is 3.87. The van der Waals surface area contributed by atoms with Gasteiger partial charge in [0.05, 0.1) is 0 Å². The second-order valence-corrected chi connectivity index (χ2v) is 8.33. The molecule has 124 valence electrons. The van der Waals surface area contributed by atoms with Crippen molar-refractivity contribution in [1.29, 1.82) is 0 Å². The van der Waals surface area contributed by atoms with Gasteiger partial charge < -0.3 is 5.32 Å². The molecule has 1 saturated carbocycles.